The molecule has 1 aliphatic rings. The van der Waals surface area contributed by atoms with Crippen LogP contribution in [-0.4, -0.2) is 27.7 Å². The van der Waals surface area contributed by atoms with Crippen LogP contribution in [0.3, 0.4) is 0 Å². The Morgan fingerprint density at radius 1 is 1.23 bits per heavy atom. The van der Waals surface area contributed by atoms with Crippen molar-refractivity contribution in [2.24, 2.45) is 5.73 Å². The van der Waals surface area contributed by atoms with Crippen LogP contribution in [0.1, 0.15) is 63.5 Å². The van der Waals surface area contributed by atoms with Crippen molar-refractivity contribution in [2.45, 2.75) is 70.3 Å². The van der Waals surface area contributed by atoms with Gasteiger partial charge in [0.05, 0.1) is 0 Å². The highest BCUT2D eigenvalue weighted by Crippen LogP contribution is 2.30. The second-order valence-corrected chi connectivity index (χ2v) is 6.08. The standard InChI is InChI=1S/C15H27N5O2/c16-11-7-2-1-6-10-13-14(15(19-18-13)20(21)22)17-12-8-4-3-5-9-12/h12,17H,1-11,16H2,(H,18,19). The summed E-state index contributed by atoms with van der Waals surface area (Å²) in [6.45, 7) is 0.725. The molecule has 1 fully saturated rings. The summed E-state index contributed by atoms with van der Waals surface area (Å²) >= 11 is 0. The van der Waals surface area contributed by atoms with Gasteiger partial charge in [0.15, 0.2) is 5.69 Å². The van der Waals surface area contributed by atoms with Crippen molar-refractivity contribution in [2.75, 3.05) is 11.9 Å². The van der Waals surface area contributed by atoms with Gasteiger partial charge in [-0.25, -0.2) is 0 Å². The summed E-state index contributed by atoms with van der Waals surface area (Å²) in [5.74, 6) is 0.00234. The SMILES string of the molecule is NCCCCCCc1n[nH]c([N+](=O)[O-])c1NC1CCCCC1. The summed E-state index contributed by atoms with van der Waals surface area (Å²) in [5.41, 5.74) is 6.89. The lowest BCUT2D eigenvalue weighted by atomic mass is 9.95. The van der Waals surface area contributed by atoms with Gasteiger partial charge in [0.2, 0.25) is 0 Å². The lowest BCUT2D eigenvalue weighted by Crippen LogP contribution is -2.23. The van der Waals surface area contributed by atoms with Gasteiger partial charge < -0.3 is 21.2 Å². The van der Waals surface area contributed by atoms with E-state index in [1.165, 1.54) is 19.3 Å². The highest BCUT2D eigenvalue weighted by molar-refractivity contribution is 5.61. The van der Waals surface area contributed by atoms with Gasteiger partial charge in [-0.2, -0.15) is 0 Å². The molecular formula is C15H27N5O2. The molecule has 0 spiro atoms. The van der Waals surface area contributed by atoms with Crippen LogP contribution in [0.25, 0.3) is 0 Å². The molecule has 4 N–H and O–H groups in total. The van der Waals surface area contributed by atoms with E-state index in [2.05, 4.69) is 15.5 Å². The van der Waals surface area contributed by atoms with Gasteiger partial charge in [0.1, 0.15) is 5.69 Å². The highest BCUT2D eigenvalue weighted by Gasteiger charge is 2.24. The van der Waals surface area contributed by atoms with Gasteiger partial charge >= 0.3 is 5.82 Å². The van der Waals surface area contributed by atoms with Gasteiger partial charge in [0, 0.05) is 6.04 Å². The summed E-state index contributed by atoms with van der Waals surface area (Å²) in [6, 6.07) is 0.334. The number of nitrogens with one attached hydrogen (secondary N) is 2. The zero-order chi connectivity index (χ0) is 15.8. The topological polar surface area (TPSA) is 110 Å². The number of aromatic nitrogens is 2. The molecule has 1 aromatic rings. The largest absolute Gasteiger partial charge is 0.374 e. The molecule has 0 radical (unpaired) electrons. The minimum absolute atomic E-state index is 0.00234. The molecule has 1 aromatic heterocycles. The summed E-state index contributed by atoms with van der Waals surface area (Å²) < 4.78 is 0. The van der Waals surface area contributed by atoms with Crippen LogP contribution in [0.15, 0.2) is 0 Å². The molecule has 7 heteroatoms. The molecule has 0 bridgehead atoms. The first kappa shape index (κ1) is 16.7. The van der Waals surface area contributed by atoms with Crippen molar-refractivity contribution in [3.05, 3.63) is 15.8 Å². The Balaban J connectivity index is 1.97. The first-order valence-corrected chi connectivity index (χ1v) is 8.40. The number of rotatable bonds is 9. The molecule has 0 amide bonds. The van der Waals surface area contributed by atoms with Crippen LogP contribution in [-0.2, 0) is 6.42 Å². The molecule has 0 atom stereocenters. The monoisotopic (exact) mass is 309 g/mol. The van der Waals surface area contributed by atoms with E-state index in [9.17, 15) is 10.1 Å². The summed E-state index contributed by atoms with van der Waals surface area (Å²) in [6.07, 6.45) is 10.8. The fraction of sp³-hybridized carbons (Fsp3) is 0.800. The predicted octanol–water partition coefficient (Wildman–Crippen LogP) is 3.12. The molecule has 1 heterocycles. The van der Waals surface area contributed by atoms with Gasteiger partial charge in [-0.3, -0.25) is 0 Å². The zero-order valence-electron chi connectivity index (χ0n) is 13.1. The molecule has 0 aliphatic heterocycles. The number of unbranched alkanes of at least 4 members (excludes halogenated alkanes) is 3. The minimum Gasteiger partial charge on any atom is -0.374 e. The minimum atomic E-state index is -0.379. The number of nitrogens with zero attached hydrogens (tertiary/aromatic N) is 2. The molecule has 1 aliphatic carbocycles. The number of aryl methyl sites for hydroxylation is 1. The molecular weight excluding hydrogens is 282 g/mol. The Morgan fingerprint density at radius 2 is 1.95 bits per heavy atom. The third kappa shape index (κ3) is 4.69. The summed E-state index contributed by atoms with van der Waals surface area (Å²) in [4.78, 5) is 10.8. The lowest BCUT2D eigenvalue weighted by Gasteiger charge is -2.23. The maximum absolute atomic E-state index is 11.2. The molecule has 7 nitrogen and oxygen atoms in total. The third-order valence-corrected chi connectivity index (χ3v) is 4.33. The average molecular weight is 309 g/mol. The van der Waals surface area contributed by atoms with Crippen molar-refractivity contribution in [1.82, 2.24) is 10.2 Å². The van der Waals surface area contributed by atoms with Crippen LogP contribution in [0.4, 0.5) is 11.5 Å². The molecule has 1 saturated carbocycles. The average Bonchev–Trinajstić information content (AvgIpc) is 2.91. The quantitative estimate of drug-likeness (QED) is 0.369. The lowest BCUT2D eigenvalue weighted by molar-refractivity contribution is -0.388. The number of anilines is 1. The number of hydrogen-bond acceptors (Lipinski definition) is 5. The second-order valence-electron chi connectivity index (χ2n) is 6.08. The van der Waals surface area contributed by atoms with E-state index in [4.69, 9.17) is 5.73 Å². The summed E-state index contributed by atoms with van der Waals surface area (Å²) in [5, 5.41) is 21.3. The van der Waals surface area contributed by atoms with Gasteiger partial charge in [-0.1, -0.05) is 37.2 Å². The smallest absolute Gasteiger partial charge is 0.366 e. The van der Waals surface area contributed by atoms with E-state index >= 15 is 0 Å². The molecule has 0 aromatic carbocycles. The van der Waals surface area contributed by atoms with E-state index in [1.807, 2.05) is 0 Å². The van der Waals surface area contributed by atoms with Gasteiger partial charge in [-0.05, 0) is 43.6 Å². The van der Waals surface area contributed by atoms with Gasteiger partial charge in [-0.15, -0.1) is 5.10 Å². The second kappa shape index (κ2) is 8.73. The predicted molar refractivity (Wildman–Crippen MR) is 87.0 cm³/mol. The van der Waals surface area contributed by atoms with Crippen molar-refractivity contribution < 1.29 is 4.92 Å². The number of nitro groups is 1. The maximum Gasteiger partial charge on any atom is 0.366 e. The zero-order valence-corrected chi connectivity index (χ0v) is 13.1. The number of nitrogens with two attached hydrogens (primary N) is 1. The number of aromatic amines is 1. The molecule has 2 rings (SSSR count). The van der Waals surface area contributed by atoms with E-state index < -0.39 is 0 Å². The van der Waals surface area contributed by atoms with E-state index in [0.717, 1.165) is 57.2 Å². The fourth-order valence-electron chi connectivity index (χ4n) is 3.07. The normalized spacial score (nSPS) is 15.9. The van der Waals surface area contributed by atoms with E-state index in [1.54, 1.807) is 0 Å². The Hall–Kier alpha value is -1.63. The van der Waals surface area contributed by atoms with Crippen LogP contribution in [0.2, 0.25) is 0 Å². The Bertz CT molecular complexity index is 468. The first-order chi connectivity index (χ1) is 10.7. The van der Waals surface area contributed by atoms with Crippen LogP contribution in [0, 0.1) is 10.1 Å². The molecule has 124 valence electrons. The van der Waals surface area contributed by atoms with Gasteiger partial charge in [0.25, 0.3) is 0 Å². The van der Waals surface area contributed by atoms with E-state index in [0.29, 0.717) is 11.7 Å². The van der Waals surface area contributed by atoms with E-state index in [-0.39, 0.29) is 10.7 Å². The number of H-pyrrole nitrogens is 1. The molecule has 0 saturated heterocycles. The van der Waals surface area contributed by atoms with Crippen molar-refractivity contribution in [3.8, 4) is 0 Å². The fourth-order valence-corrected chi connectivity index (χ4v) is 3.07. The third-order valence-electron chi connectivity index (χ3n) is 4.33. The molecule has 22 heavy (non-hydrogen) atoms. The Morgan fingerprint density at radius 3 is 2.64 bits per heavy atom. The Kier molecular flexibility index (Phi) is 6.64. The van der Waals surface area contributed by atoms with Crippen molar-refractivity contribution >= 4 is 11.5 Å². The number of hydrogen-bond donors (Lipinski definition) is 3. The molecule has 0 unspecified atom stereocenters. The van der Waals surface area contributed by atoms with Crippen molar-refractivity contribution in [1.29, 1.82) is 0 Å². The Labute approximate surface area is 131 Å². The highest BCUT2D eigenvalue weighted by atomic mass is 16.6. The van der Waals surface area contributed by atoms with Crippen molar-refractivity contribution in [3.63, 3.8) is 0 Å². The van der Waals surface area contributed by atoms with Crippen LogP contribution < -0.4 is 11.1 Å². The van der Waals surface area contributed by atoms with Crippen LogP contribution in [0.5, 0.6) is 0 Å². The first-order valence-electron chi connectivity index (χ1n) is 8.40. The summed E-state index contributed by atoms with van der Waals surface area (Å²) in [7, 11) is 0. The maximum atomic E-state index is 11.2. The van der Waals surface area contributed by atoms with Crippen LogP contribution >= 0.6 is 0 Å².